The third-order valence-corrected chi connectivity index (χ3v) is 5.06. The highest BCUT2D eigenvalue weighted by Gasteiger charge is 2.08. The molecule has 1 amide bonds. The summed E-state index contributed by atoms with van der Waals surface area (Å²) in [5.74, 6) is -0.236. The molecule has 2 aromatic heterocycles. The number of thiazole rings is 1. The van der Waals surface area contributed by atoms with Crippen LogP contribution in [0.25, 0.3) is 21.1 Å². The van der Waals surface area contributed by atoms with Crippen molar-refractivity contribution in [2.75, 3.05) is 18.4 Å². The second-order valence-electron chi connectivity index (χ2n) is 5.96. The largest absolute Gasteiger partial charge is 0.360 e. The molecule has 0 aliphatic carbocycles. The fourth-order valence-corrected chi connectivity index (χ4v) is 3.64. The summed E-state index contributed by atoms with van der Waals surface area (Å²) in [6.45, 7) is 0.929. The number of para-hydroxylation sites is 2. The Hall–Kier alpha value is -3.26. The Labute approximate surface area is 158 Å². The monoisotopic (exact) mass is 379 g/mol. The molecule has 0 bridgehead atoms. The highest BCUT2D eigenvalue weighted by atomic mass is 32.1. The minimum absolute atomic E-state index is 0.0577. The SMILES string of the molecule is O=C(Cn1cnc2ccccc2c1=O)NCCNc1nc2ccccc2s1. The number of nitrogens with zero attached hydrogens (tertiary/aromatic N) is 3. The third-order valence-electron chi connectivity index (χ3n) is 4.06. The van der Waals surface area contributed by atoms with Gasteiger partial charge in [-0.05, 0) is 24.3 Å². The topological polar surface area (TPSA) is 88.9 Å². The molecule has 0 fully saturated rings. The molecule has 0 aliphatic heterocycles. The van der Waals surface area contributed by atoms with E-state index in [2.05, 4.69) is 20.6 Å². The summed E-state index contributed by atoms with van der Waals surface area (Å²) in [6.07, 6.45) is 1.41. The summed E-state index contributed by atoms with van der Waals surface area (Å²) in [5, 5.41) is 7.32. The standard InChI is InChI=1S/C19H17N5O2S/c25-17(11-24-12-22-14-6-2-1-5-13(14)18(24)26)20-9-10-21-19-23-15-7-3-4-8-16(15)27-19/h1-8,12H,9-11H2,(H,20,25)(H,21,23). The van der Waals surface area contributed by atoms with Crippen molar-refractivity contribution in [1.29, 1.82) is 0 Å². The zero-order valence-electron chi connectivity index (χ0n) is 14.4. The van der Waals surface area contributed by atoms with E-state index in [1.54, 1.807) is 29.5 Å². The van der Waals surface area contributed by atoms with Crippen LogP contribution < -0.4 is 16.2 Å². The molecule has 2 aromatic carbocycles. The average molecular weight is 379 g/mol. The minimum atomic E-state index is -0.236. The number of carbonyl (C=O) groups excluding carboxylic acids is 1. The lowest BCUT2D eigenvalue weighted by molar-refractivity contribution is -0.121. The number of benzene rings is 2. The quantitative estimate of drug-likeness (QED) is 0.502. The fraction of sp³-hybridized carbons (Fsp3) is 0.158. The number of hydrogen-bond donors (Lipinski definition) is 2. The van der Waals surface area contributed by atoms with Crippen LogP contribution in [-0.4, -0.2) is 33.5 Å². The van der Waals surface area contributed by atoms with Crippen molar-refractivity contribution in [3.63, 3.8) is 0 Å². The second-order valence-corrected chi connectivity index (χ2v) is 6.99. The molecule has 4 rings (SSSR count). The molecular formula is C19H17N5O2S. The Kier molecular flexibility index (Phi) is 4.80. The van der Waals surface area contributed by atoms with E-state index in [1.165, 1.54) is 10.9 Å². The van der Waals surface area contributed by atoms with Gasteiger partial charge in [-0.15, -0.1) is 0 Å². The molecule has 2 N–H and O–H groups in total. The number of carbonyl (C=O) groups is 1. The maximum atomic E-state index is 12.4. The first-order chi connectivity index (χ1) is 13.2. The van der Waals surface area contributed by atoms with Crippen LogP contribution in [0.1, 0.15) is 0 Å². The van der Waals surface area contributed by atoms with Gasteiger partial charge in [-0.25, -0.2) is 9.97 Å². The van der Waals surface area contributed by atoms with Crippen LogP contribution >= 0.6 is 11.3 Å². The number of hydrogen-bond acceptors (Lipinski definition) is 6. The van der Waals surface area contributed by atoms with E-state index in [0.29, 0.717) is 24.0 Å². The third kappa shape index (κ3) is 3.80. The van der Waals surface area contributed by atoms with E-state index in [4.69, 9.17) is 0 Å². The van der Waals surface area contributed by atoms with Crippen molar-refractivity contribution >= 4 is 43.5 Å². The molecule has 0 aliphatic rings. The van der Waals surface area contributed by atoms with E-state index in [-0.39, 0.29) is 18.0 Å². The van der Waals surface area contributed by atoms with Gasteiger partial charge in [0.1, 0.15) is 6.54 Å². The van der Waals surface area contributed by atoms with Crippen LogP contribution in [0.3, 0.4) is 0 Å². The molecule has 0 atom stereocenters. The number of fused-ring (bicyclic) bond motifs is 2. The Balaban J connectivity index is 1.31. The zero-order valence-corrected chi connectivity index (χ0v) is 15.2. The lowest BCUT2D eigenvalue weighted by Gasteiger charge is -2.08. The van der Waals surface area contributed by atoms with Crippen LogP contribution in [0.2, 0.25) is 0 Å². The van der Waals surface area contributed by atoms with E-state index in [9.17, 15) is 9.59 Å². The number of rotatable bonds is 6. The Bertz CT molecular complexity index is 1130. The average Bonchev–Trinajstić information content (AvgIpc) is 3.10. The van der Waals surface area contributed by atoms with Crippen molar-refractivity contribution in [1.82, 2.24) is 19.9 Å². The van der Waals surface area contributed by atoms with E-state index >= 15 is 0 Å². The predicted octanol–water partition coefficient (Wildman–Crippen LogP) is 2.23. The van der Waals surface area contributed by atoms with E-state index < -0.39 is 0 Å². The van der Waals surface area contributed by atoms with Crippen LogP contribution in [-0.2, 0) is 11.3 Å². The molecular weight excluding hydrogens is 362 g/mol. The number of nitrogens with one attached hydrogen (secondary N) is 2. The lowest BCUT2D eigenvalue weighted by Crippen LogP contribution is -2.34. The number of amides is 1. The maximum absolute atomic E-state index is 12.4. The van der Waals surface area contributed by atoms with Gasteiger partial charge in [-0.1, -0.05) is 35.6 Å². The fourth-order valence-electron chi connectivity index (χ4n) is 2.75. The summed E-state index contributed by atoms with van der Waals surface area (Å²) in [7, 11) is 0. The molecule has 136 valence electrons. The lowest BCUT2D eigenvalue weighted by atomic mass is 10.2. The Morgan fingerprint density at radius 3 is 2.67 bits per heavy atom. The predicted molar refractivity (Wildman–Crippen MR) is 107 cm³/mol. The van der Waals surface area contributed by atoms with Gasteiger partial charge >= 0.3 is 0 Å². The van der Waals surface area contributed by atoms with Gasteiger partial charge in [-0.2, -0.15) is 0 Å². The second kappa shape index (κ2) is 7.55. The maximum Gasteiger partial charge on any atom is 0.261 e. The highest BCUT2D eigenvalue weighted by Crippen LogP contribution is 2.24. The van der Waals surface area contributed by atoms with Gasteiger partial charge in [0.15, 0.2) is 5.13 Å². The van der Waals surface area contributed by atoms with Crippen LogP contribution in [0.5, 0.6) is 0 Å². The van der Waals surface area contributed by atoms with Gasteiger partial charge < -0.3 is 10.6 Å². The van der Waals surface area contributed by atoms with Gasteiger partial charge in [0.2, 0.25) is 5.91 Å². The van der Waals surface area contributed by atoms with Crippen molar-refractivity contribution in [2.24, 2.45) is 0 Å². The van der Waals surface area contributed by atoms with Crippen molar-refractivity contribution in [3.05, 3.63) is 65.2 Å². The smallest absolute Gasteiger partial charge is 0.261 e. The molecule has 0 spiro atoms. The van der Waals surface area contributed by atoms with E-state index in [1.807, 2.05) is 30.3 Å². The van der Waals surface area contributed by atoms with Gasteiger partial charge in [0.25, 0.3) is 5.56 Å². The molecule has 4 aromatic rings. The molecule has 0 saturated heterocycles. The minimum Gasteiger partial charge on any atom is -0.360 e. The summed E-state index contributed by atoms with van der Waals surface area (Å²) >= 11 is 1.57. The molecule has 0 radical (unpaired) electrons. The molecule has 8 heteroatoms. The van der Waals surface area contributed by atoms with Gasteiger partial charge in [0, 0.05) is 13.1 Å². The summed E-state index contributed by atoms with van der Waals surface area (Å²) in [6, 6.07) is 15.0. The van der Waals surface area contributed by atoms with Crippen LogP contribution in [0.15, 0.2) is 59.7 Å². The van der Waals surface area contributed by atoms with Gasteiger partial charge in [0.05, 0.1) is 27.4 Å². The van der Waals surface area contributed by atoms with Crippen LogP contribution in [0, 0.1) is 0 Å². The van der Waals surface area contributed by atoms with Crippen molar-refractivity contribution in [2.45, 2.75) is 6.54 Å². The van der Waals surface area contributed by atoms with Crippen molar-refractivity contribution in [3.8, 4) is 0 Å². The number of anilines is 1. The normalized spacial score (nSPS) is 11.0. The number of aromatic nitrogens is 3. The first-order valence-corrected chi connectivity index (χ1v) is 9.33. The summed E-state index contributed by atoms with van der Waals surface area (Å²) < 4.78 is 2.44. The molecule has 0 unspecified atom stereocenters. The molecule has 0 saturated carbocycles. The molecule has 2 heterocycles. The van der Waals surface area contributed by atoms with Gasteiger partial charge in [-0.3, -0.25) is 14.2 Å². The first kappa shape index (κ1) is 17.2. The Morgan fingerprint density at radius 2 is 1.81 bits per heavy atom. The van der Waals surface area contributed by atoms with E-state index in [0.717, 1.165) is 15.3 Å². The summed E-state index contributed by atoms with van der Waals surface area (Å²) in [4.78, 5) is 33.2. The van der Waals surface area contributed by atoms with Crippen molar-refractivity contribution < 1.29 is 4.79 Å². The molecule has 7 nitrogen and oxygen atoms in total. The Morgan fingerprint density at radius 1 is 1.04 bits per heavy atom. The molecule has 27 heavy (non-hydrogen) atoms. The van der Waals surface area contributed by atoms with Crippen LogP contribution in [0.4, 0.5) is 5.13 Å². The summed E-state index contributed by atoms with van der Waals surface area (Å²) in [5.41, 5.74) is 1.36. The first-order valence-electron chi connectivity index (χ1n) is 8.51. The zero-order chi connectivity index (χ0) is 18.6. The highest BCUT2D eigenvalue weighted by molar-refractivity contribution is 7.22.